The van der Waals surface area contributed by atoms with Gasteiger partial charge in [-0.2, -0.15) is 0 Å². The molecule has 2 fully saturated rings. The fourth-order valence-electron chi connectivity index (χ4n) is 5.63. The van der Waals surface area contributed by atoms with Gasteiger partial charge in [0.05, 0.1) is 38.1 Å². The largest absolute Gasteiger partial charge is 0.509 e. The number of aliphatic hydroxyl groups is 2. The molecule has 7 nitrogen and oxygen atoms in total. The Balaban J connectivity index is 2.08. The van der Waals surface area contributed by atoms with Crippen LogP contribution in [0.4, 0.5) is 4.79 Å². The molecule has 0 aromatic carbocycles. The van der Waals surface area contributed by atoms with Gasteiger partial charge in [-0.3, -0.25) is 0 Å². The van der Waals surface area contributed by atoms with Gasteiger partial charge in [-0.1, -0.05) is 33.1 Å². The van der Waals surface area contributed by atoms with Crippen molar-refractivity contribution >= 4 is 6.16 Å². The summed E-state index contributed by atoms with van der Waals surface area (Å²) in [5.41, 5.74) is -1.13. The molecular formula is C25H46O7. The van der Waals surface area contributed by atoms with Crippen LogP contribution in [0, 0.1) is 11.8 Å². The molecule has 6 atom stereocenters. The van der Waals surface area contributed by atoms with Crippen molar-refractivity contribution in [1.29, 1.82) is 0 Å². The minimum absolute atomic E-state index is 0.00737. The molecule has 0 bridgehead atoms. The smallest absolute Gasteiger partial charge is 0.431 e. The van der Waals surface area contributed by atoms with Gasteiger partial charge in [0.1, 0.15) is 11.7 Å². The maximum Gasteiger partial charge on any atom is 0.509 e. The van der Waals surface area contributed by atoms with Crippen LogP contribution in [0.15, 0.2) is 0 Å². The van der Waals surface area contributed by atoms with Crippen LogP contribution in [0.1, 0.15) is 91.9 Å². The highest BCUT2D eigenvalue weighted by Gasteiger charge is 2.46. The van der Waals surface area contributed by atoms with Crippen molar-refractivity contribution in [2.75, 3.05) is 26.4 Å². The van der Waals surface area contributed by atoms with Gasteiger partial charge in [-0.25, -0.2) is 4.79 Å². The molecular weight excluding hydrogens is 412 g/mol. The lowest BCUT2D eigenvalue weighted by atomic mass is 9.74. The number of rotatable bonds is 12. The third-order valence-corrected chi connectivity index (χ3v) is 7.89. The first-order valence-corrected chi connectivity index (χ1v) is 12.7. The van der Waals surface area contributed by atoms with Gasteiger partial charge >= 0.3 is 6.16 Å². The highest BCUT2D eigenvalue weighted by molar-refractivity contribution is 5.61. The molecule has 0 aliphatic heterocycles. The first-order chi connectivity index (χ1) is 15.3. The summed E-state index contributed by atoms with van der Waals surface area (Å²) in [7, 11) is 0. The van der Waals surface area contributed by atoms with Crippen LogP contribution >= 0.6 is 0 Å². The zero-order valence-electron chi connectivity index (χ0n) is 20.6. The Morgan fingerprint density at radius 2 is 1.34 bits per heavy atom. The van der Waals surface area contributed by atoms with Gasteiger partial charge in [0.15, 0.2) is 0 Å². The fraction of sp³-hybridized carbons (Fsp3) is 0.960. The summed E-state index contributed by atoms with van der Waals surface area (Å²) in [6, 6.07) is 0. The normalized spacial score (nSPS) is 30.2. The highest BCUT2D eigenvalue weighted by atomic mass is 16.7. The Hall–Kier alpha value is -0.890. The number of aliphatic hydroxyl groups excluding tert-OH is 2. The van der Waals surface area contributed by atoms with E-state index < -0.39 is 17.4 Å². The van der Waals surface area contributed by atoms with Crippen LogP contribution in [-0.4, -0.2) is 66.2 Å². The van der Waals surface area contributed by atoms with Gasteiger partial charge in [0.25, 0.3) is 0 Å². The maximum absolute atomic E-state index is 13.0. The molecule has 6 unspecified atom stereocenters. The van der Waals surface area contributed by atoms with Crippen LogP contribution in [0.2, 0.25) is 0 Å². The van der Waals surface area contributed by atoms with Crippen LogP contribution < -0.4 is 0 Å². The van der Waals surface area contributed by atoms with E-state index in [0.717, 1.165) is 57.8 Å². The third kappa shape index (κ3) is 7.05. The first kappa shape index (κ1) is 27.4. The molecule has 0 heterocycles. The molecule has 0 saturated heterocycles. The standard InChI is InChI=1S/C25H46O7/c1-5-24(3,30-18-16-27)20-12-8-10-14-22(20)31-23(28)32-25(4,6-2)19-11-7-9-13-21(19)29-17-15-26/h19-22,26-27H,5-18H2,1-4H3. The summed E-state index contributed by atoms with van der Waals surface area (Å²) in [4.78, 5) is 13.0. The Kier molecular flexibility index (Phi) is 11.2. The van der Waals surface area contributed by atoms with E-state index in [-0.39, 0.29) is 43.9 Å². The van der Waals surface area contributed by atoms with E-state index in [2.05, 4.69) is 13.8 Å². The van der Waals surface area contributed by atoms with Gasteiger partial charge in [-0.05, 0) is 58.8 Å². The highest BCUT2D eigenvalue weighted by Crippen LogP contribution is 2.41. The van der Waals surface area contributed by atoms with Crippen LogP contribution in [-0.2, 0) is 18.9 Å². The van der Waals surface area contributed by atoms with E-state index >= 15 is 0 Å². The monoisotopic (exact) mass is 458 g/mol. The number of hydrogen-bond donors (Lipinski definition) is 2. The fourth-order valence-corrected chi connectivity index (χ4v) is 5.63. The van der Waals surface area contributed by atoms with E-state index in [9.17, 15) is 15.0 Å². The zero-order chi connectivity index (χ0) is 23.6. The lowest BCUT2D eigenvalue weighted by Crippen LogP contribution is -2.50. The maximum atomic E-state index is 13.0. The van der Waals surface area contributed by atoms with Crippen molar-refractivity contribution in [2.24, 2.45) is 11.8 Å². The SMILES string of the molecule is CCC(C)(OCCO)C1CCCCC1OC(=O)OC(C)(CC)C1CCCCC1OCCO. The predicted octanol–water partition coefficient (Wildman–Crippen LogP) is 4.61. The van der Waals surface area contributed by atoms with Gasteiger partial charge in [0.2, 0.25) is 0 Å². The number of carbonyl (C=O) groups is 1. The summed E-state index contributed by atoms with van der Waals surface area (Å²) < 4.78 is 23.9. The minimum atomic E-state index is -0.677. The average molecular weight is 459 g/mol. The second-order valence-electron chi connectivity index (χ2n) is 9.83. The average Bonchev–Trinajstić information content (AvgIpc) is 2.81. The zero-order valence-corrected chi connectivity index (χ0v) is 20.6. The molecule has 0 aromatic heterocycles. The first-order valence-electron chi connectivity index (χ1n) is 12.7. The quantitative estimate of drug-likeness (QED) is 0.412. The Morgan fingerprint density at radius 3 is 1.91 bits per heavy atom. The Morgan fingerprint density at radius 1 is 0.812 bits per heavy atom. The number of ether oxygens (including phenoxy) is 4. The van der Waals surface area contributed by atoms with Gasteiger partial charge in [0, 0.05) is 11.8 Å². The third-order valence-electron chi connectivity index (χ3n) is 7.89. The second kappa shape index (κ2) is 13.1. The summed E-state index contributed by atoms with van der Waals surface area (Å²) in [5, 5.41) is 18.4. The molecule has 2 aliphatic rings. The van der Waals surface area contributed by atoms with E-state index in [1.54, 1.807) is 0 Å². The predicted molar refractivity (Wildman–Crippen MR) is 123 cm³/mol. The van der Waals surface area contributed by atoms with Crippen molar-refractivity contribution in [1.82, 2.24) is 0 Å². The molecule has 2 rings (SSSR count). The van der Waals surface area contributed by atoms with Crippen LogP contribution in [0.25, 0.3) is 0 Å². The molecule has 0 spiro atoms. The van der Waals surface area contributed by atoms with E-state index in [0.29, 0.717) is 13.0 Å². The van der Waals surface area contributed by atoms with Crippen LogP contribution in [0.3, 0.4) is 0 Å². The van der Waals surface area contributed by atoms with Crippen molar-refractivity contribution < 1.29 is 34.0 Å². The van der Waals surface area contributed by atoms with Crippen molar-refractivity contribution in [2.45, 2.75) is 115 Å². The molecule has 2 N–H and O–H groups in total. The summed E-state index contributed by atoms with van der Waals surface area (Å²) in [5.74, 6) is 0.153. The van der Waals surface area contributed by atoms with Crippen molar-refractivity contribution in [3.8, 4) is 0 Å². The van der Waals surface area contributed by atoms with Crippen molar-refractivity contribution in [3.63, 3.8) is 0 Å². The summed E-state index contributed by atoms with van der Waals surface area (Å²) in [6.45, 7) is 8.70. The summed E-state index contributed by atoms with van der Waals surface area (Å²) in [6.07, 6.45) is 8.41. The molecule has 0 aromatic rings. The lowest BCUT2D eigenvalue weighted by molar-refractivity contribution is -0.154. The van der Waals surface area contributed by atoms with Crippen LogP contribution in [0.5, 0.6) is 0 Å². The lowest BCUT2D eigenvalue weighted by Gasteiger charge is -2.45. The molecule has 188 valence electrons. The minimum Gasteiger partial charge on any atom is -0.431 e. The molecule has 32 heavy (non-hydrogen) atoms. The summed E-state index contributed by atoms with van der Waals surface area (Å²) >= 11 is 0. The Labute approximate surface area is 194 Å². The van der Waals surface area contributed by atoms with Crippen molar-refractivity contribution in [3.05, 3.63) is 0 Å². The molecule has 0 radical (unpaired) electrons. The van der Waals surface area contributed by atoms with Gasteiger partial charge < -0.3 is 29.2 Å². The number of carbonyl (C=O) groups excluding carboxylic acids is 1. The molecule has 2 aliphatic carbocycles. The second-order valence-corrected chi connectivity index (χ2v) is 9.83. The Bertz CT molecular complexity index is 556. The molecule has 2 saturated carbocycles. The van der Waals surface area contributed by atoms with Gasteiger partial charge in [-0.15, -0.1) is 0 Å². The van der Waals surface area contributed by atoms with E-state index in [4.69, 9.17) is 18.9 Å². The van der Waals surface area contributed by atoms with E-state index in [1.807, 2.05) is 13.8 Å². The molecule has 7 heteroatoms. The topological polar surface area (TPSA) is 94.5 Å². The van der Waals surface area contributed by atoms with E-state index in [1.165, 1.54) is 0 Å². The number of hydrogen-bond acceptors (Lipinski definition) is 7. The molecule has 0 amide bonds.